The van der Waals surface area contributed by atoms with E-state index >= 15 is 0 Å². The van der Waals surface area contributed by atoms with Crippen molar-refractivity contribution in [2.24, 2.45) is 0 Å². The fourth-order valence-corrected chi connectivity index (χ4v) is 1.58. The summed E-state index contributed by atoms with van der Waals surface area (Å²) in [5.74, 6) is 0.645. The molecule has 0 amide bonds. The average molecular weight is 260 g/mol. The van der Waals surface area contributed by atoms with Gasteiger partial charge in [0.25, 0.3) is 0 Å². The summed E-state index contributed by atoms with van der Waals surface area (Å²) in [5.41, 5.74) is 0.869. The minimum atomic E-state index is -0.501. The standard InChI is InChI=1S/C13H19ClFNO/c1-13(2,3)16-9-10-11(14)5-4-6-12(10)17-8-7-15/h4-6,16H,7-9H2,1-3H3. The van der Waals surface area contributed by atoms with E-state index in [9.17, 15) is 4.39 Å². The number of hydrogen-bond donors (Lipinski definition) is 1. The fraction of sp³-hybridized carbons (Fsp3) is 0.538. The van der Waals surface area contributed by atoms with Gasteiger partial charge < -0.3 is 10.1 Å². The molecule has 0 spiro atoms. The highest BCUT2D eigenvalue weighted by Crippen LogP contribution is 2.26. The smallest absolute Gasteiger partial charge is 0.125 e. The Morgan fingerprint density at radius 3 is 2.65 bits per heavy atom. The summed E-state index contributed by atoms with van der Waals surface area (Å²) in [6, 6.07) is 5.42. The molecular formula is C13H19ClFNO. The Hall–Kier alpha value is -0.800. The second-order valence-electron chi connectivity index (χ2n) is 4.86. The molecule has 0 aliphatic rings. The molecule has 1 rings (SSSR count). The SMILES string of the molecule is CC(C)(C)NCc1c(Cl)cccc1OCCF. The van der Waals surface area contributed by atoms with Crippen LogP contribution in [0.25, 0.3) is 0 Å². The minimum Gasteiger partial charge on any atom is -0.490 e. The Bertz CT molecular complexity index is 363. The third-order valence-electron chi connectivity index (χ3n) is 2.21. The lowest BCUT2D eigenvalue weighted by Crippen LogP contribution is -2.35. The highest BCUT2D eigenvalue weighted by molar-refractivity contribution is 6.31. The van der Waals surface area contributed by atoms with Gasteiger partial charge in [0.1, 0.15) is 19.0 Å². The van der Waals surface area contributed by atoms with Crippen molar-refractivity contribution in [2.45, 2.75) is 32.9 Å². The van der Waals surface area contributed by atoms with Crippen molar-refractivity contribution in [1.29, 1.82) is 0 Å². The van der Waals surface area contributed by atoms with Gasteiger partial charge in [-0.3, -0.25) is 0 Å². The predicted octanol–water partition coefficient (Wildman–Crippen LogP) is 3.58. The van der Waals surface area contributed by atoms with Crippen LogP contribution in [0.1, 0.15) is 26.3 Å². The first-order valence-electron chi connectivity index (χ1n) is 5.65. The van der Waals surface area contributed by atoms with E-state index in [0.717, 1.165) is 5.56 Å². The molecule has 0 unspecified atom stereocenters. The highest BCUT2D eigenvalue weighted by Gasteiger charge is 2.13. The van der Waals surface area contributed by atoms with E-state index in [1.807, 2.05) is 6.07 Å². The summed E-state index contributed by atoms with van der Waals surface area (Å²) in [4.78, 5) is 0. The van der Waals surface area contributed by atoms with Gasteiger partial charge in [0.05, 0.1) is 0 Å². The first-order valence-corrected chi connectivity index (χ1v) is 6.03. The number of alkyl halides is 1. The number of nitrogens with one attached hydrogen (secondary N) is 1. The summed E-state index contributed by atoms with van der Waals surface area (Å²) in [6.45, 7) is 6.39. The largest absolute Gasteiger partial charge is 0.490 e. The lowest BCUT2D eigenvalue weighted by molar-refractivity contribution is 0.269. The van der Waals surface area contributed by atoms with Crippen molar-refractivity contribution >= 4 is 11.6 Å². The Balaban J connectivity index is 2.80. The molecule has 1 N–H and O–H groups in total. The van der Waals surface area contributed by atoms with Crippen molar-refractivity contribution in [2.75, 3.05) is 13.3 Å². The lowest BCUT2D eigenvalue weighted by atomic mass is 10.1. The van der Waals surface area contributed by atoms with Crippen LogP contribution < -0.4 is 10.1 Å². The average Bonchev–Trinajstić information content (AvgIpc) is 2.23. The summed E-state index contributed by atoms with van der Waals surface area (Å²) in [7, 11) is 0. The molecule has 0 aliphatic carbocycles. The topological polar surface area (TPSA) is 21.3 Å². The zero-order chi connectivity index (χ0) is 12.9. The molecule has 2 nitrogen and oxygen atoms in total. The van der Waals surface area contributed by atoms with Crippen molar-refractivity contribution in [3.63, 3.8) is 0 Å². The second-order valence-corrected chi connectivity index (χ2v) is 5.26. The molecule has 1 aromatic carbocycles. The van der Waals surface area contributed by atoms with Gasteiger partial charge in [-0.05, 0) is 32.9 Å². The van der Waals surface area contributed by atoms with E-state index in [0.29, 0.717) is 17.3 Å². The maximum atomic E-state index is 12.1. The number of rotatable bonds is 5. The summed E-state index contributed by atoms with van der Waals surface area (Å²) in [5, 5.41) is 3.97. The molecule has 4 heteroatoms. The first-order chi connectivity index (χ1) is 7.94. The molecule has 0 saturated heterocycles. The van der Waals surface area contributed by atoms with Crippen LogP contribution in [0.3, 0.4) is 0 Å². The Morgan fingerprint density at radius 2 is 2.06 bits per heavy atom. The van der Waals surface area contributed by atoms with Crippen LogP contribution >= 0.6 is 11.6 Å². The van der Waals surface area contributed by atoms with Crippen molar-refractivity contribution in [1.82, 2.24) is 5.32 Å². The van der Waals surface area contributed by atoms with Crippen LogP contribution in [0, 0.1) is 0 Å². The lowest BCUT2D eigenvalue weighted by Gasteiger charge is -2.22. The third kappa shape index (κ3) is 4.92. The van der Waals surface area contributed by atoms with E-state index in [2.05, 4.69) is 26.1 Å². The van der Waals surface area contributed by atoms with Crippen molar-refractivity contribution < 1.29 is 9.13 Å². The summed E-state index contributed by atoms with van der Waals surface area (Å²) in [6.07, 6.45) is 0. The van der Waals surface area contributed by atoms with Gasteiger partial charge in [0, 0.05) is 22.7 Å². The number of benzene rings is 1. The van der Waals surface area contributed by atoms with Gasteiger partial charge in [0.15, 0.2) is 0 Å². The van der Waals surface area contributed by atoms with Crippen LogP contribution in [0.4, 0.5) is 4.39 Å². The Kier molecular flexibility index (Phi) is 5.22. The van der Waals surface area contributed by atoms with E-state index in [1.165, 1.54) is 0 Å². The number of halogens is 2. The van der Waals surface area contributed by atoms with E-state index in [1.54, 1.807) is 12.1 Å². The molecule has 0 radical (unpaired) electrons. The van der Waals surface area contributed by atoms with E-state index in [4.69, 9.17) is 16.3 Å². The summed E-state index contributed by atoms with van der Waals surface area (Å²) >= 11 is 6.12. The molecular weight excluding hydrogens is 241 g/mol. The molecule has 0 aliphatic heterocycles. The molecule has 0 atom stereocenters. The highest BCUT2D eigenvalue weighted by atomic mass is 35.5. The quantitative estimate of drug-likeness (QED) is 0.873. The number of hydrogen-bond acceptors (Lipinski definition) is 2. The van der Waals surface area contributed by atoms with Crippen molar-refractivity contribution in [3.05, 3.63) is 28.8 Å². The van der Waals surface area contributed by atoms with Gasteiger partial charge in [-0.1, -0.05) is 17.7 Å². The Labute approximate surface area is 107 Å². The maximum Gasteiger partial charge on any atom is 0.125 e. The first kappa shape index (κ1) is 14.3. The zero-order valence-electron chi connectivity index (χ0n) is 10.5. The molecule has 96 valence electrons. The summed E-state index contributed by atoms with van der Waals surface area (Å²) < 4.78 is 17.4. The minimum absolute atomic E-state index is 0.00344. The van der Waals surface area contributed by atoms with Gasteiger partial charge in [-0.2, -0.15) is 0 Å². The van der Waals surface area contributed by atoms with Crippen LogP contribution in [-0.4, -0.2) is 18.8 Å². The Morgan fingerprint density at radius 1 is 1.35 bits per heavy atom. The van der Waals surface area contributed by atoms with Crippen LogP contribution in [0.15, 0.2) is 18.2 Å². The molecule has 17 heavy (non-hydrogen) atoms. The number of ether oxygens (including phenoxy) is 1. The third-order valence-corrected chi connectivity index (χ3v) is 2.56. The molecule has 0 heterocycles. The fourth-order valence-electron chi connectivity index (χ4n) is 1.35. The zero-order valence-corrected chi connectivity index (χ0v) is 11.3. The van der Waals surface area contributed by atoms with Gasteiger partial charge >= 0.3 is 0 Å². The second kappa shape index (κ2) is 6.22. The van der Waals surface area contributed by atoms with Crippen LogP contribution in [0.2, 0.25) is 5.02 Å². The van der Waals surface area contributed by atoms with E-state index in [-0.39, 0.29) is 12.1 Å². The molecule has 0 aromatic heterocycles. The van der Waals surface area contributed by atoms with Crippen LogP contribution in [0.5, 0.6) is 5.75 Å². The molecule has 0 saturated carbocycles. The maximum absolute atomic E-state index is 12.1. The monoisotopic (exact) mass is 259 g/mol. The molecule has 1 aromatic rings. The van der Waals surface area contributed by atoms with Gasteiger partial charge in [-0.25, -0.2) is 4.39 Å². The van der Waals surface area contributed by atoms with Crippen LogP contribution in [-0.2, 0) is 6.54 Å². The van der Waals surface area contributed by atoms with Gasteiger partial charge in [-0.15, -0.1) is 0 Å². The molecule has 0 fully saturated rings. The van der Waals surface area contributed by atoms with Crippen molar-refractivity contribution in [3.8, 4) is 5.75 Å². The van der Waals surface area contributed by atoms with E-state index < -0.39 is 6.67 Å². The molecule has 0 bridgehead atoms. The van der Waals surface area contributed by atoms with Gasteiger partial charge in [0.2, 0.25) is 0 Å². The predicted molar refractivity (Wildman–Crippen MR) is 69.5 cm³/mol. The normalized spacial score (nSPS) is 11.6.